The molecule has 0 bridgehead atoms. The molecule has 1 aliphatic rings. The van der Waals surface area contributed by atoms with Crippen molar-refractivity contribution in [1.29, 1.82) is 0 Å². The van der Waals surface area contributed by atoms with Gasteiger partial charge >= 0.3 is 0 Å². The van der Waals surface area contributed by atoms with Crippen LogP contribution in [0.1, 0.15) is 11.7 Å². The Morgan fingerprint density at radius 1 is 1.45 bits per heavy atom. The first-order valence-electron chi connectivity index (χ1n) is 3.66. The first-order valence-corrected chi connectivity index (χ1v) is 4.89. The molecule has 11 heavy (non-hydrogen) atoms. The van der Waals surface area contributed by atoms with E-state index in [1.54, 1.807) is 11.8 Å². The van der Waals surface area contributed by atoms with Gasteiger partial charge in [-0.2, -0.15) is 0 Å². The van der Waals surface area contributed by atoms with Crippen LogP contribution in [0.25, 0.3) is 0 Å². The number of hydrogen-bond donors (Lipinski definition) is 0. The van der Waals surface area contributed by atoms with Crippen molar-refractivity contribution in [1.82, 2.24) is 0 Å². The lowest BCUT2D eigenvalue weighted by Crippen LogP contribution is -1.83. The lowest BCUT2D eigenvalue weighted by molar-refractivity contribution is 0.413. The number of rotatable bonds is 2. The van der Waals surface area contributed by atoms with Gasteiger partial charge in [0.25, 0.3) is 0 Å². The van der Waals surface area contributed by atoms with Gasteiger partial charge in [0.2, 0.25) is 0 Å². The molecular formula is C9H10OS. The van der Waals surface area contributed by atoms with Gasteiger partial charge in [-0.15, -0.1) is 11.8 Å². The van der Waals surface area contributed by atoms with Crippen LogP contribution in [-0.4, -0.2) is 12.9 Å². The van der Waals surface area contributed by atoms with Gasteiger partial charge in [-0.3, -0.25) is 0 Å². The van der Waals surface area contributed by atoms with Crippen LogP contribution in [0.2, 0.25) is 0 Å². The second-order valence-electron chi connectivity index (χ2n) is 2.56. The van der Waals surface area contributed by atoms with Gasteiger partial charge in [0.15, 0.2) is 0 Å². The van der Waals surface area contributed by atoms with Crippen molar-refractivity contribution in [3.63, 3.8) is 0 Å². The van der Waals surface area contributed by atoms with Crippen molar-refractivity contribution in [2.75, 3.05) is 12.9 Å². The largest absolute Gasteiger partial charge is 0.368 e. The average molecular weight is 166 g/mol. The number of thioether (sulfide) groups is 1. The van der Waals surface area contributed by atoms with E-state index in [2.05, 4.69) is 30.5 Å². The predicted molar refractivity (Wildman–Crippen MR) is 46.9 cm³/mol. The minimum absolute atomic E-state index is 0.388. The predicted octanol–water partition coefficient (Wildman–Crippen LogP) is 2.48. The van der Waals surface area contributed by atoms with Gasteiger partial charge in [0.05, 0.1) is 6.61 Å². The van der Waals surface area contributed by atoms with E-state index >= 15 is 0 Å². The maximum atomic E-state index is 5.22. The highest BCUT2D eigenvalue weighted by molar-refractivity contribution is 7.98. The van der Waals surface area contributed by atoms with E-state index in [4.69, 9.17) is 4.74 Å². The summed E-state index contributed by atoms with van der Waals surface area (Å²) in [5, 5.41) is 0. The number of hydrogen-bond acceptors (Lipinski definition) is 2. The third-order valence-electron chi connectivity index (χ3n) is 1.82. The van der Waals surface area contributed by atoms with Crippen molar-refractivity contribution in [2.45, 2.75) is 11.0 Å². The zero-order chi connectivity index (χ0) is 7.68. The van der Waals surface area contributed by atoms with Crippen LogP contribution in [-0.2, 0) is 4.74 Å². The van der Waals surface area contributed by atoms with Gasteiger partial charge in [0, 0.05) is 4.90 Å². The van der Waals surface area contributed by atoms with Crippen LogP contribution in [0, 0.1) is 0 Å². The summed E-state index contributed by atoms with van der Waals surface area (Å²) in [7, 11) is 0. The maximum absolute atomic E-state index is 5.22. The SMILES string of the molecule is CSc1ccccc1[C@H]1CO1. The molecule has 0 radical (unpaired) electrons. The van der Waals surface area contributed by atoms with Gasteiger partial charge < -0.3 is 4.74 Å². The average Bonchev–Trinajstić information content (AvgIpc) is 2.87. The highest BCUT2D eigenvalue weighted by Gasteiger charge is 2.26. The smallest absolute Gasteiger partial charge is 0.107 e. The molecule has 0 saturated carbocycles. The summed E-state index contributed by atoms with van der Waals surface area (Å²) in [4.78, 5) is 1.34. The fourth-order valence-electron chi connectivity index (χ4n) is 1.16. The van der Waals surface area contributed by atoms with E-state index < -0.39 is 0 Å². The second-order valence-corrected chi connectivity index (χ2v) is 3.41. The summed E-state index contributed by atoms with van der Waals surface area (Å²) in [5.74, 6) is 0. The monoisotopic (exact) mass is 166 g/mol. The van der Waals surface area contributed by atoms with Crippen molar-refractivity contribution >= 4 is 11.8 Å². The molecular weight excluding hydrogens is 156 g/mol. The van der Waals surface area contributed by atoms with Crippen LogP contribution >= 0.6 is 11.8 Å². The molecule has 1 heterocycles. The number of epoxide rings is 1. The molecule has 1 aromatic carbocycles. The van der Waals surface area contributed by atoms with Crippen molar-refractivity contribution in [2.24, 2.45) is 0 Å². The Balaban J connectivity index is 2.34. The Bertz CT molecular complexity index is 255. The van der Waals surface area contributed by atoms with E-state index in [1.807, 2.05) is 0 Å². The first-order chi connectivity index (χ1) is 5.42. The van der Waals surface area contributed by atoms with E-state index in [1.165, 1.54) is 10.5 Å². The standard InChI is InChI=1S/C9H10OS/c1-11-9-5-3-2-4-7(9)8-6-10-8/h2-5,8H,6H2,1H3/t8-/m1/s1. The summed E-state index contributed by atoms with van der Waals surface area (Å²) in [6, 6.07) is 8.42. The Hall–Kier alpha value is -0.470. The molecule has 2 heteroatoms. The van der Waals surface area contributed by atoms with E-state index in [-0.39, 0.29) is 0 Å². The van der Waals surface area contributed by atoms with E-state index in [9.17, 15) is 0 Å². The minimum atomic E-state index is 0.388. The van der Waals surface area contributed by atoms with Crippen molar-refractivity contribution in [3.05, 3.63) is 29.8 Å². The summed E-state index contributed by atoms with van der Waals surface area (Å²) < 4.78 is 5.22. The zero-order valence-corrected chi connectivity index (χ0v) is 7.23. The molecule has 0 N–H and O–H groups in total. The molecule has 1 fully saturated rings. The van der Waals surface area contributed by atoms with Gasteiger partial charge in [-0.25, -0.2) is 0 Å². The quantitative estimate of drug-likeness (QED) is 0.494. The van der Waals surface area contributed by atoms with E-state index in [0.29, 0.717) is 6.10 Å². The molecule has 2 rings (SSSR count). The van der Waals surface area contributed by atoms with Gasteiger partial charge in [-0.05, 0) is 17.9 Å². The normalized spacial score (nSPS) is 21.7. The van der Waals surface area contributed by atoms with Crippen LogP contribution < -0.4 is 0 Å². The highest BCUT2D eigenvalue weighted by Crippen LogP contribution is 2.35. The summed E-state index contributed by atoms with van der Waals surface area (Å²) >= 11 is 1.78. The third-order valence-corrected chi connectivity index (χ3v) is 2.63. The van der Waals surface area contributed by atoms with Crippen LogP contribution in [0.15, 0.2) is 29.2 Å². The first kappa shape index (κ1) is 7.19. The molecule has 0 unspecified atom stereocenters. The molecule has 1 aliphatic heterocycles. The second kappa shape index (κ2) is 2.88. The fraction of sp³-hybridized carbons (Fsp3) is 0.333. The minimum Gasteiger partial charge on any atom is -0.368 e. The molecule has 0 aromatic heterocycles. The highest BCUT2D eigenvalue weighted by atomic mass is 32.2. The molecule has 1 atom stereocenters. The summed E-state index contributed by atoms with van der Waals surface area (Å²) in [5.41, 5.74) is 1.35. The molecule has 1 nitrogen and oxygen atoms in total. The molecule has 0 amide bonds. The molecule has 58 valence electrons. The van der Waals surface area contributed by atoms with E-state index in [0.717, 1.165) is 6.61 Å². The summed E-state index contributed by atoms with van der Waals surface area (Å²) in [6.45, 7) is 0.900. The Morgan fingerprint density at radius 2 is 2.18 bits per heavy atom. The lowest BCUT2D eigenvalue weighted by Gasteiger charge is -2.01. The molecule has 0 spiro atoms. The Labute approximate surface area is 70.8 Å². The van der Waals surface area contributed by atoms with Crippen LogP contribution in [0.4, 0.5) is 0 Å². The third kappa shape index (κ3) is 1.42. The zero-order valence-electron chi connectivity index (χ0n) is 6.41. The molecule has 0 aliphatic carbocycles. The van der Waals surface area contributed by atoms with Crippen LogP contribution in [0.5, 0.6) is 0 Å². The number of benzene rings is 1. The maximum Gasteiger partial charge on any atom is 0.107 e. The topological polar surface area (TPSA) is 12.5 Å². The number of ether oxygens (including phenoxy) is 1. The molecule has 1 aromatic rings. The Kier molecular flexibility index (Phi) is 1.88. The Morgan fingerprint density at radius 3 is 2.82 bits per heavy atom. The molecule has 1 saturated heterocycles. The van der Waals surface area contributed by atoms with Gasteiger partial charge in [0.1, 0.15) is 6.10 Å². The van der Waals surface area contributed by atoms with Gasteiger partial charge in [-0.1, -0.05) is 18.2 Å². The van der Waals surface area contributed by atoms with Crippen molar-refractivity contribution in [3.8, 4) is 0 Å². The van der Waals surface area contributed by atoms with Crippen molar-refractivity contribution < 1.29 is 4.74 Å². The summed E-state index contributed by atoms with van der Waals surface area (Å²) in [6.07, 6.45) is 2.49. The fourth-order valence-corrected chi connectivity index (χ4v) is 1.81. The van der Waals surface area contributed by atoms with Crippen LogP contribution in [0.3, 0.4) is 0 Å². The lowest BCUT2D eigenvalue weighted by atomic mass is 10.2.